The second kappa shape index (κ2) is 12.7. The number of amides is 2. The molecule has 4 atom stereocenters. The van der Waals surface area contributed by atoms with Crippen LogP contribution >= 0.6 is 0 Å². The van der Waals surface area contributed by atoms with Gasteiger partial charge in [0.05, 0.1) is 18.5 Å². The summed E-state index contributed by atoms with van der Waals surface area (Å²) in [5, 5.41) is 6.90. The van der Waals surface area contributed by atoms with Gasteiger partial charge in [-0.15, -0.1) is 0 Å². The van der Waals surface area contributed by atoms with Gasteiger partial charge < -0.3 is 15.1 Å². The number of likely N-dealkylation sites (tertiary alicyclic amines) is 1. The van der Waals surface area contributed by atoms with Gasteiger partial charge in [-0.1, -0.05) is 39.5 Å². The monoisotopic (exact) mass is 475 g/mol. The number of nitrogens with one attached hydrogen (secondary N) is 2. The highest BCUT2D eigenvalue weighted by atomic mass is 16.2. The van der Waals surface area contributed by atoms with Crippen LogP contribution in [0.5, 0.6) is 0 Å². The van der Waals surface area contributed by atoms with Crippen molar-refractivity contribution in [1.82, 2.24) is 25.3 Å². The van der Waals surface area contributed by atoms with Gasteiger partial charge in [0.15, 0.2) is 0 Å². The van der Waals surface area contributed by atoms with Crippen LogP contribution in [0.4, 0.5) is 0 Å². The van der Waals surface area contributed by atoms with Crippen LogP contribution in [0.25, 0.3) is 0 Å². The van der Waals surface area contributed by atoms with Crippen LogP contribution in [0.3, 0.4) is 0 Å². The molecule has 0 bridgehead atoms. The smallest absolute Gasteiger partial charge is 0.238 e. The third kappa shape index (κ3) is 6.33. The molecule has 3 saturated heterocycles. The van der Waals surface area contributed by atoms with Gasteiger partial charge >= 0.3 is 0 Å². The molecule has 194 valence electrons. The highest BCUT2D eigenvalue weighted by molar-refractivity contribution is 5.84. The number of carbonyl (C=O) groups excluding carboxylic acids is 2. The molecule has 4 rings (SSSR count). The Labute approximate surface area is 207 Å². The Bertz CT molecular complexity index is 661. The number of carbonyl (C=O) groups is 2. The van der Waals surface area contributed by atoms with Crippen LogP contribution < -0.4 is 10.6 Å². The van der Waals surface area contributed by atoms with Crippen LogP contribution in [-0.2, 0) is 9.59 Å². The number of fused-ring (bicyclic) bond motifs is 2. The van der Waals surface area contributed by atoms with Gasteiger partial charge in [-0.2, -0.15) is 0 Å². The lowest BCUT2D eigenvalue weighted by Crippen LogP contribution is -2.64. The Hall–Kier alpha value is -1.18. The Balaban J connectivity index is 1.29. The van der Waals surface area contributed by atoms with Crippen molar-refractivity contribution in [2.75, 3.05) is 45.8 Å². The number of hydrogen-bond donors (Lipinski definition) is 2. The molecule has 3 aliphatic heterocycles. The largest absolute Gasteiger partial charge is 0.350 e. The Morgan fingerprint density at radius 2 is 1.76 bits per heavy atom. The highest BCUT2D eigenvalue weighted by Crippen LogP contribution is 2.34. The third-order valence-corrected chi connectivity index (χ3v) is 9.06. The average Bonchev–Trinajstić information content (AvgIpc) is 2.99. The van der Waals surface area contributed by atoms with Crippen LogP contribution in [-0.4, -0.2) is 90.6 Å². The predicted octanol–water partition coefficient (Wildman–Crippen LogP) is 2.81. The zero-order chi connectivity index (χ0) is 23.9. The van der Waals surface area contributed by atoms with Crippen molar-refractivity contribution in [1.29, 1.82) is 0 Å². The van der Waals surface area contributed by atoms with E-state index in [1.54, 1.807) is 0 Å². The molecule has 0 spiro atoms. The van der Waals surface area contributed by atoms with E-state index in [4.69, 9.17) is 0 Å². The van der Waals surface area contributed by atoms with Gasteiger partial charge in [0, 0.05) is 6.04 Å². The van der Waals surface area contributed by atoms with Crippen LogP contribution in [0.2, 0.25) is 0 Å². The lowest BCUT2D eigenvalue weighted by Gasteiger charge is -2.45. The molecule has 0 aromatic rings. The fourth-order valence-corrected chi connectivity index (χ4v) is 6.92. The first-order chi connectivity index (χ1) is 16.6. The number of unbranched alkanes of at least 4 members (excludes halogenated alkanes) is 1. The Morgan fingerprint density at radius 3 is 2.53 bits per heavy atom. The molecule has 4 aliphatic rings. The molecule has 7 heteroatoms. The molecule has 4 fully saturated rings. The van der Waals surface area contributed by atoms with Crippen LogP contribution in [0.15, 0.2) is 0 Å². The Kier molecular flexibility index (Phi) is 9.66. The van der Waals surface area contributed by atoms with Gasteiger partial charge in [0.1, 0.15) is 6.17 Å². The molecule has 1 aliphatic carbocycles. The van der Waals surface area contributed by atoms with E-state index in [9.17, 15) is 9.59 Å². The summed E-state index contributed by atoms with van der Waals surface area (Å²) in [5.41, 5.74) is 0. The molecule has 4 unspecified atom stereocenters. The van der Waals surface area contributed by atoms with E-state index in [-0.39, 0.29) is 36.0 Å². The molecule has 7 nitrogen and oxygen atoms in total. The van der Waals surface area contributed by atoms with E-state index in [2.05, 4.69) is 39.2 Å². The summed E-state index contributed by atoms with van der Waals surface area (Å²) in [7, 11) is 0. The van der Waals surface area contributed by atoms with Crippen LogP contribution in [0, 0.1) is 11.8 Å². The molecule has 3 heterocycles. The highest BCUT2D eigenvalue weighted by Gasteiger charge is 2.47. The first-order valence-corrected chi connectivity index (χ1v) is 14.4. The lowest BCUT2D eigenvalue weighted by molar-refractivity contribution is -0.142. The number of nitrogens with zero attached hydrogens (tertiary/aromatic N) is 3. The van der Waals surface area contributed by atoms with Crippen molar-refractivity contribution in [2.24, 2.45) is 11.8 Å². The van der Waals surface area contributed by atoms with Gasteiger partial charge in [-0.3, -0.25) is 19.8 Å². The van der Waals surface area contributed by atoms with E-state index in [1.807, 2.05) is 0 Å². The molecular formula is C27H49N5O2. The summed E-state index contributed by atoms with van der Waals surface area (Å²) >= 11 is 0. The van der Waals surface area contributed by atoms with Gasteiger partial charge in [0.2, 0.25) is 11.8 Å². The number of piperidine rings is 2. The average molecular weight is 476 g/mol. The zero-order valence-electron chi connectivity index (χ0n) is 21.8. The minimum atomic E-state index is -0.0401. The fourth-order valence-electron chi connectivity index (χ4n) is 6.92. The maximum atomic E-state index is 13.7. The molecule has 2 amide bonds. The molecule has 0 aromatic carbocycles. The topological polar surface area (TPSA) is 67.9 Å². The van der Waals surface area contributed by atoms with Crippen molar-refractivity contribution in [3.63, 3.8) is 0 Å². The molecular weight excluding hydrogens is 426 g/mol. The maximum absolute atomic E-state index is 13.7. The molecule has 1 saturated carbocycles. The molecule has 0 radical (unpaired) electrons. The maximum Gasteiger partial charge on any atom is 0.238 e. The van der Waals surface area contributed by atoms with Crippen molar-refractivity contribution >= 4 is 11.8 Å². The SMILES string of the molecule is CCN(CC)CCCCC1CCN(CC(=O)N2C3CCCCC3C(=O)NC3CCCNC32)CC1. The summed E-state index contributed by atoms with van der Waals surface area (Å²) in [6, 6.07) is 0.114. The van der Waals surface area contributed by atoms with Crippen molar-refractivity contribution in [3.8, 4) is 0 Å². The van der Waals surface area contributed by atoms with E-state index in [0.717, 1.165) is 77.2 Å². The minimum absolute atomic E-state index is 0.0350. The normalized spacial score (nSPS) is 31.0. The number of hydrogen-bond acceptors (Lipinski definition) is 5. The predicted molar refractivity (Wildman–Crippen MR) is 136 cm³/mol. The summed E-state index contributed by atoms with van der Waals surface area (Å²) in [4.78, 5) is 33.8. The second-order valence-electron chi connectivity index (χ2n) is 11.2. The first-order valence-electron chi connectivity index (χ1n) is 14.4. The summed E-state index contributed by atoms with van der Waals surface area (Å²) in [5.74, 6) is 1.19. The minimum Gasteiger partial charge on any atom is -0.350 e. The first kappa shape index (κ1) is 25.9. The quantitative estimate of drug-likeness (QED) is 0.502. The van der Waals surface area contributed by atoms with E-state index < -0.39 is 0 Å². The zero-order valence-corrected chi connectivity index (χ0v) is 21.8. The summed E-state index contributed by atoms with van der Waals surface area (Å²) in [6.45, 7) is 11.5. The van der Waals surface area contributed by atoms with Crippen molar-refractivity contribution in [2.45, 2.75) is 103 Å². The molecule has 2 N–H and O–H groups in total. The van der Waals surface area contributed by atoms with Crippen LogP contribution in [0.1, 0.15) is 84.5 Å². The molecule has 34 heavy (non-hydrogen) atoms. The van der Waals surface area contributed by atoms with Gasteiger partial charge in [-0.05, 0) is 90.1 Å². The summed E-state index contributed by atoms with van der Waals surface area (Å²) < 4.78 is 0. The van der Waals surface area contributed by atoms with E-state index in [1.165, 1.54) is 38.6 Å². The third-order valence-electron chi connectivity index (χ3n) is 9.06. The second-order valence-corrected chi connectivity index (χ2v) is 11.2. The molecule has 0 aromatic heterocycles. The summed E-state index contributed by atoms with van der Waals surface area (Å²) in [6.07, 6.45) is 12.5. The van der Waals surface area contributed by atoms with Gasteiger partial charge in [0.25, 0.3) is 0 Å². The fraction of sp³-hybridized carbons (Fsp3) is 0.926. The standard InChI is InChI=1S/C27H49N5O2/c1-3-30(4-2)17-8-7-10-21-14-18-31(19-15-21)20-25(33)32-24-13-6-5-11-22(24)27(34)29-23-12-9-16-28-26(23)32/h21-24,26,28H,3-20H2,1-2H3,(H,29,34). The van der Waals surface area contributed by atoms with Crippen molar-refractivity contribution in [3.05, 3.63) is 0 Å². The van der Waals surface area contributed by atoms with E-state index in [0.29, 0.717) is 6.54 Å². The van der Waals surface area contributed by atoms with Crippen molar-refractivity contribution < 1.29 is 9.59 Å². The van der Waals surface area contributed by atoms with Gasteiger partial charge in [-0.25, -0.2) is 0 Å². The Morgan fingerprint density at radius 1 is 1.00 bits per heavy atom. The van der Waals surface area contributed by atoms with E-state index >= 15 is 0 Å². The lowest BCUT2D eigenvalue weighted by atomic mass is 9.83. The number of rotatable bonds is 9.